The van der Waals surface area contributed by atoms with Crippen LogP contribution in [0.1, 0.15) is 0 Å². The van der Waals surface area contributed by atoms with Gasteiger partial charge in [0.25, 0.3) is 0 Å². The maximum absolute atomic E-state index is 13.0. The second-order valence-corrected chi connectivity index (χ2v) is 6.47. The van der Waals surface area contributed by atoms with Gasteiger partial charge in [0.15, 0.2) is 5.13 Å². The van der Waals surface area contributed by atoms with Crippen molar-refractivity contribution in [1.82, 2.24) is 4.98 Å². The van der Waals surface area contributed by atoms with Crippen LogP contribution in [0.4, 0.5) is 15.2 Å². The Morgan fingerprint density at radius 2 is 1.35 bits per heavy atom. The molecule has 26 heavy (non-hydrogen) atoms. The molecule has 1 heterocycles. The smallest absolute Gasteiger partial charge is 0.187 e. The first kappa shape index (κ1) is 18.3. The Bertz CT molecular complexity index is 967. The molecule has 0 fully saturated rings. The Kier molecular flexibility index (Phi) is 5.81. The van der Waals surface area contributed by atoms with Crippen molar-refractivity contribution >= 4 is 39.1 Å². The minimum Gasteiger partial charge on any atom is -0.332 e. The molecule has 130 valence electrons. The summed E-state index contributed by atoms with van der Waals surface area (Å²) in [5.41, 5.74) is 5.20. The van der Waals surface area contributed by atoms with E-state index < -0.39 is 0 Å². The molecule has 5 heteroatoms. The number of aromatic nitrogens is 1. The topological polar surface area (TPSA) is 24.9 Å². The number of benzene rings is 3. The van der Waals surface area contributed by atoms with E-state index in [-0.39, 0.29) is 22.8 Å². The van der Waals surface area contributed by atoms with Crippen LogP contribution in [0.15, 0.2) is 84.2 Å². The van der Waals surface area contributed by atoms with Crippen molar-refractivity contribution < 1.29 is 4.39 Å². The molecule has 0 amide bonds. The zero-order chi connectivity index (χ0) is 17.1. The van der Waals surface area contributed by atoms with Crippen molar-refractivity contribution in [2.45, 2.75) is 0 Å². The first-order valence-corrected chi connectivity index (χ1v) is 8.80. The average molecular weight is 427 g/mol. The van der Waals surface area contributed by atoms with E-state index in [0.717, 1.165) is 22.1 Å². The quantitative estimate of drug-likeness (QED) is 0.382. The van der Waals surface area contributed by atoms with Crippen molar-refractivity contribution in [2.75, 3.05) is 5.32 Å². The predicted octanol–water partition coefficient (Wildman–Crippen LogP) is 6.94. The minimum absolute atomic E-state index is 0. The average Bonchev–Trinajstić information content (AvgIpc) is 3.13. The highest BCUT2D eigenvalue weighted by atomic mass is 79.9. The molecule has 0 bridgehead atoms. The van der Waals surface area contributed by atoms with Crippen molar-refractivity contribution in [1.29, 1.82) is 0 Å². The third-order valence-electron chi connectivity index (χ3n) is 3.89. The Hall–Kier alpha value is -2.50. The van der Waals surface area contributed by atoms with Gasteiger partial charge in [-0.05, 0) is 35.4 Å². The van der Waals surface area contributed by atoms with Gasteiger partial charge in [-0.3, -0.25) is 0 Å². The minimum atomic E-state index is -0.246. The maximum Gasteiger partial charge on any atom is 0.187 e. The van der Waals surface area contributed by atoms with E-state index >= 15 is 0 Å². The fourth-order valence-electron chi connectivity index (χ4n) is 2.58. The van der Waals surface area contributed by atoms with Gasteiger partial charge in [0.1, 0.15) is 5.82 Å². The zero-order valence-corrected chi connectivity index (χ0v) is 16.3. The van der Waals surface area contributed by atoms with E-state index in [0.29, 0.717) is 0 Å². The van der Waals surface area contributed by atoms with Gasteiger partial charge in [-0.1, -0.05) is 54.6 Å². The molecule has 0 aliphatic heterocycles. The Morgan fingerprint density at radius 1 is 0.731 bits per heavy atom. The number of anilines is 2. The maximum atomic E-state index is 13.0. The molecule has 4 aromatic rings. The molecule has 0 unspecified atom stereocenters. The lowest BCUT2D eigenvalue weighted by atomic mass is 10.0. The number of nitrogens with one attached hydrogen (secondary N) is 1. The standard InChI is InChI=1S/C21H15FN2S.BrH/c22-18-10-12-19(13-11-18)23-21-24-20(14-25-21)17-8-6-16(7-9-17)15-4-2-1-3-5-15;/h1-14H,(H,23,24);1H. The van der Waals surface area contributed by atoms with Crippen LogP contribution in [0.3, 0.4) is 0 Å². The lowest BCUT2D eigenvalue weighted by Crippen LogP contribution is -1.89. The molecule has 0 radical (unpaired) electrons. The second kappa shape index (κ2) is 8.25. The van der Waals surface area contributed by atoms with Crippen molar-refractivity contribution in [3.8, 4) is 22.4 Å². The summed E-state index contributed by atoms with van der Waals surface area (Å²) in [6.07, 6.45) is 0. The number of halogens is 2. The SMILES string of the molecule is Br.Fc1ccc(Nc2nc(-c3ccc(-c4ccccc4)cc3)cs2)cc1. The lowest BCUT2D eigenvalue weighted by molar-refractivity contribution is 0.628. The summed E-state index contributed by atoms with van der Waals surface area (Å²) in [6, 6.07) is 24.9. The monoisotopic (exact) mass is 426 g/mol. The third kappa shape index (κ3) is 4.18. The molecule has 0 aliphatic rings. The zero-order valence-electron chi connectivity index (χ0n) is 13.7. The van der Waals surface area contributed by atoms with Crippen LogP contribution < -0.4 is 5.32 Å². The van der Waals surface area contributed by atoms with Crippen LogP contribution in [0.5, 0.6) is 0 Å². The largest absolute Gasteiger partial charge is 0.332 e. The van der Waals surface area contributed by atoms with Crippen LogP contribution in [-0.4, -0.2) is 4.98 Å². The molecule has 0 saturated carbocycles. The lowest BCUT2D eigenvalue weighted by Gasteiger charge is -2.03. The Morgan fingerprint density at radius 3 is 2.04 bits per heavy atom. The van der Waals surface area contributed by atoms with Crippen molar-refractivity contribution in [3.63, 3.8) is 0 Å². The molecule has 3 aromatic carbocycles. The van der Waals surface area contributed by atoms with Crippen molar-refractivity contribution in [2.24, 2.45) is 0 Å². The second-order valence-electron chi connectivity index (χ2n) is 5.61. The van der Waals surface area contributed by atoms with Crippen LogP contribution in [0, 0.1) is 5.82 Å². The van der Waals surface area contributed by atoms with E-state index in [1.54, 1.807) is 12.1 Å². The molecular weight excluding hydrogens is 411 g/mol. The van der Waals surface area contributed by atoms with Gasteiger partial charge in [0.2, 0.25) is 0 Å². The summed E-state index contributed by atoms with van der Waals surface area (Å²) in [6.45, 7) is 0. The molecule has 0 atom stereocenters. The molecule has 0 spiro atoms. The van der Waals surface area contributed by atoms with Crippen LogP contribution in [0.2, 0.25) is 0 Å². The number of rotatable bonds is 4. The van der Waals surface area contributed by atoms with Gasteiger partial charge < -0.3 is 5.32 Å². The molecule has 0 saturated heterocycles. The van der Waals surface area contributed by atoms with Gasteiger partial charge in [0.05, 0.1) is 5.69 Å². The van der Waals surface area contributed by atoms with Crippen molar-refractivity contribution in [3.05, 3.63) is 90.1 Å². The molecule has 4 rings (SSSR count). The summed E-state index contributed by atoms with van der Waals surface area (Å²) < 4.78 is 13.0. The fraction of sp³-hybridized carbons (Fsp3) is 0. The molecule has 1 aromatic heterocycles. The number of hydrogen-bond acceptors (Lipinski definition) is 3. The molecule has 2 nitrogen and oxygen atoms in total. The van der Waals surface area contributed by atoms with Gasteiger partial charge >= 0.3 is 0 Å². The molecular formula is C21H16BrFN2S. The number of nitrogens with zero attached hydrogens (tertiary/aromatic N) is 1. The first-order chi connectivity index (χ1) is 12.3. The molecule has 0 aliphatic carbocycles. The van der Waals surface area contributed by atoms with E-state index in [2.05, 4.69) is 46.7 Å². The molecule has 1 N–H and O–H groups in total. The number of hydrogen-bond donors (Lipinski definition) is 1. The normalized spacial score (nSPS) is 10.2. The highest BCUT2D eigenvalue weighted by Gasteiger charge is 2.06. The highest BCUT2D eigenvalue weighted by Crippen LogP contribution is 2.29. The number of thiazole rings is 1. The summed E-state index contributed by atoms with van der Waals surface area (Å²) in [5.74, 6) is -0.246. The van der Waals surface area contributed by atoms with Crippen LogP contribution in [0.25, 0.3) is 22.4 Å². The van der Waals surface area contributed by atoms with E-state index in [4.69, 9.17) is 0 Å². The van der Waals surface area contributed by atoms with Gasteiger partial charge in [0, 0.05) is 16.6 Å². The van der Waals surface area contributed by atoms with Gasteiger partial charge in [-0.2, -0.15) is 0 Å². The van der Waals surface area contributed by atoms with Gasteiger partial charge in [-0.15, -0.1) is 28.3 Å². The Balaban J connectivity index is 0.00000196. The van der Waals surface area contributed by atoms with E-state index in [1.165, 1.54) is 34.6 Å². The fourth-order valence-corrected chi connectivity index (χ4v) is 3.32. The van der Waals surface area contributed by atoms with Crippen LogP contribution in [-0.2, 0) is 0 Å². The van der Waals surface area contributed by atoms with E-state index in [1.807, 2.05) is 23.6 Å². The third-order valence-corrected chi connectivity index (χ3v) is 4.65. The van der Waals surface area contributed by atoms with E-state index in [9.17, 15) is 4.39 Å². The summed E-state index contributed by atoms with van der Waals surface area (Å²) in [7, 11) is 0. The highest BCUT2D eigenvalue weighted by molar-refractivity contribution is 8.93. The summed E-state index contributed by atoms with van der Waals surface area (Å²) >= 11 is 1.53. The first-order valence-electron chi connectivity index (χ1n) is 7.92. The summed E-state index contributed by atoms with van der Waals surface area (Å²) in [4.78, 5) is 4.61. The van der Waals surface area contributed by atoms with Crippen LogP contribution >= 0.6 is 28.3 Å². The van der Waals surface area contributed by atoms with Gasteiger partial charge in [-0.25, -0.2) is 9.37 Å². The Labute approximate surface area is 166 Å². The summed E-state index contributed by atoms with van der Waals surface area (Å²) in [5, 5.41) is 6.00. The predicted molar refractivity (Wildman–Crippen MR) is 113 cm³/mol.